The molecule has 0 amide bonds. The number of ether oxygens (including phenoxy) is 1. The summed E-state index contributed by atoms with van der Waals surface area (Å²) < 4.78 is 6.13. The Morgan fingerprint density at radius 2 is 1.89 bits per heavy atom. The predicted octanol–water partition coefficient (Wildman–Crippen LogP) is 2.94. The van der Waals surface area contributed by atoms with Gasteiger partial charge in [-0.15, -0.1) is 0 Å². The number of pyridine rings is 1. The highest BCUT2D eigenvalue weighted by Gasteiger charge is 2.63. The second-order valence-electron chi connectivity index (χ2n) is 11.4. The molecule has 9 nitrogen and oxygen atoms in total. The zero-order valence-electron chi connectivity index (χ0n) is 20.8. The largest absolute Gasteiger partial charge is 0.390 e. The number of halogens is 1. The SMILES string of the molecule is CC(C)(O)C1CN(c2nccc(Sc3ncc(N4CCC5(CC4)COC4(CC4)[C@H]5N)nc3N)c2Cl)C1. The van der Waals surface area contributed by atoms with E-state index in [0.717, 1.165) is 75.0 Å². The van der Waals surface area contributed by atoms with Gasteiger partial charge in [0.1, 0.15) is 16.7 Å². The minimum atomic E-state index is -0.716. The van der Waals surface area contributed by atoms with E-state index in [1.165, 1.54) is 11.8 Å². The fourth-order valence-electron chi connectivity index (χ4n) is 5.77. The Balaban J connectivity index is 1.11. The maximum absolute atomic E-state index is 10.2. The number of rotatable bonds is 5. The molecule has 0 bridgehead atoms. The second-order valence-corrected chi connectivity index (χ2v) is 12.8. The van der Waals surface area contributed by atoms with Crippen LogP contribution >= 0.6 is 23.4 Å². The average Bonchev–Trinajstić information content (AvgIpc) is 3.55. The first-order valence-electron chi connectivity index (χ1n) is 12.7. The third-order valence-electron chi connectivity index (χ3n) is 8.67. The van der Waals surface area contributed by atoms with Crippen molar-refractivity contribution in [1.82, 2.24) is 15.0 Å². The van der Waals surface area contributed by atoms with E-state index < -0.39 is 5.60 Å². The molecule has 11 heteroatoms. The summed E-state index contributed by atoms with van der Waals surface area (Å²) >= 11 is 8.12. The van der Waals surface area contributed by atoms with Gasteiger partial charge in [-0.2, -0.15) is 0 Å². The molecule has 3 saturated heterocycles. The van der Waals surface area contributed by atoms with Crippen LogP contribution in [0.25, 0.3) is 0 Å². The average molecular weight is 532 g/mol. The van der Waals surface area contributed by atoms with Gasteiger partial charge >= 0.3 is 0 Å². The van der Waals surface area contributed by atoms with Gasteiger partial charge in [-0.05, 0) is 45.6 Å². The van der Waals surface area contributed by atoms with E-state index in [1.54, 1.807) is 12.4 Å². The lowest BCUT2D eigenvalue weighted by molar-refractivity contribution is 0.00438. The van der Waals surface area contributed by atoms with Crippen molar-refractivity contribution in [1.29, 1.82) is 0 Å². The van der Waals surface area contributed by atoms with Gasteiger partial charge in [-0.1, -0.05) is 23.4 Å². The number of hydrogen-bond acceptors (Lipinski definition) is 10. The molecule has 5 N–H and O–H groups in total. The van der Waals surface area contributed by atoms with Crippen molar-refractivity contribution in [3.8, 4) is 0 Å². The van der Waals surface area contributed by atoms with E-state index in [2.05, 4.69) is 24.8 Å². The van der Waals surface area contributed by atoms with E-state index in [1.807, 2.05) is 19.9 Å². The van der Waals surface area contributed by atoms with Crippen molar-refractivity contribution < 1.29 is 9.84 Å². The maximum Gasteiger partial charge on any atom is 0.158 e. The quantitative estimate of drug-likeness (QED) is 0.530. The summed E-state index contributed by atoms with van der Waals surface area (Å²) in [6.45, 7) is 7.63. The summed E-state index contributed by atoms with van der Waals surface area (Å²) in [6, 6.07) is 2.00. The van der Waals surface area contributed by atoms with Gasteiger partial charge in [0.15, 0.2) is 5.82 Å². The van der Waals surface area contributed by atoms with Crippen LogP contribution in [-0.4, -0.2) is 70.1 Å². The van der Waals surface area contributed by atoms with Crippen molar-refractivity contribution in [2.45, 2.75) is 66.7 Å². The molecule has 194 valence electrons. The smallest absolute Gasteiger partial charge is 0.158 e. The highest BCUT2D eigenvalue weighted by atomic mass is 35.5. The van der Waals surface area contributed by atoms with Gasteiger partial charge in [0.25, 0.3) is 0 Å². The van der Waals surface area contributed by atoms with Gasteiger partial charge < -0.3 is 31.1 Å². The van der Waals surface area contributed by atoms with Crippen LogP contribution in [-0.2, 0) is 4.74 Å². The fourth-order valence-corrected chi connectivity index (χ4v) is 6.89. The lowest BCUT2D eigenvalue weighted by atomic mass is 9.72. The molecule has 3 aliphatic heterocycles. The Morgan fingerprint density at radius 3 is 2.50 bits per heavy atom. The number of hydrogen-bond donors (Lipinski definition) is 3. The molecule has 0 radical (unpaired) electrons. The van der Waals surface area contributed by atoms with Crippen LogP contribution in [0.1, 0.15) is 39.5 Å². The number of aliphatic hydroxyl groups is 1. The Hall–Kier alpha value is -1.85. The second kappa shape index (κ2) is 8.59. The third kappa shape index (κ3) is 4.11. The standard InChI is InChI=1S/C25H34ClN7O2S/c1-23(2,34)15-12-33(13-15)20-18(26)16(3-8-29-20)36-21-19(27)31-17(11-30-21)32-9-6-24(7-10-32)14-35-25(4-5-25)22(24)28/h3,8,11,15,22,34H,4-7,9-10,12-14,28H2,1-2H3,(H2,27,31)/t22-/m0/s1. The Morgan fingerprint density at radius 1 is 1.17 bits per heavy atom. The van der Waals surface area contributed by atoms with Gasteiger partial charge in [0.2, 0.25) is 0 Å². The van der Waals surface area contributed by atoms with Crippen molar-refractivity contribution in [2.75, 3.05) is 48.3 Å². The number of nitrogen functional groups attached to an aromatic ring is 1. The molecule has 4 aliphatic rings. The van der Waals surface area contributed by atoms with Crippen molar-refractivity contribution in [3.05, 3.63) is 23.5 Å². The molecule has 36 heavy (non-hydrogen) atoms. The number of aromatic nitrogens is 3. The van der Waals surface area contributed by atoms with E-state index in [4.69, 9.17) is 27.8 Å². The monoisotopic (exact) mass is 531 g/mol. The van der Waals surface area contributed by atoms with Crippen molar-refractivity contribution in [3.63, 3.8) is 0 Å². The summed E-state index contributed by atoms with van der Waals surface area (Å²) in [4.78, 5) is 18.9. The lowest BCUT2D eigenvalue weighted by Gasteiger charge is -2.46. The molecule has 1 atom stereocenters. The Kier molecular flexibility index (Phi) is 5.84. The summed E-state index contributed by atoms with van der Waals surface area (Å²) in [5.74, 6) is 2.09. The number of anilines is 3. The normalized spacial score (nSPS) is 25.0. The summed E-state index contributed by atoms with van der Waals surface area (Å²) in [5, 5.41) is 11.4. The maximum atomic E-state index is 10.2. The Labute approximate surface area is 220 Å². The van der Waals surface area contributed by atoms with E-state index in [0.29, 0.717) is 15.9 Å². The molecule has 2 aromatic rings. The topological polar surface area (TPSA) is 127 Å². The highest BCUT2D eigenvalue weighted by molar-refractivity contribution is 7.99. The number of nitrogens with zero attached hydrogens (tertiary/aromatic N) is 5. The van der Waals surface area contributed by atoms with Crippen LogP contribution in [0.5, 0.6) is 0 Å². The zero-order chi connectivity index (χ0) is 25.3. The molecular formula is C25H34ClN7O2S. The molecule has 2 aromatic heterocycles. The van der Waals surface area contributed by atoms with Gasteiger partial charge in [-0.3, -0.25) is 0 Å². The third-order valence-corrected chi connectivity index (χ3v) is 10.2. The Bertz CT molecular complexity index is 1160. The summed E-state index contributed by atoms with van der Waals surface area (Å²) in [5.41, 5.74) is 12.3. The molecule has 2 spiro atoms. The minimum absolute atomic E-state index is 0.0356. The summed E-state index contributed by atoms with van der Waals surface area (Å²) in [6.07, 6.45) is 7.73. The van der Waals surface area contributed by atoms with Crippen LogP contribution in [0.2, 0.25) is 5.02 Å². The van der Waals surface area contributed by atoms with Crippen LogP contribution in [0.3, 0.4) is 0 Å². The molecule has 1 aliphatic carbocycles. The van der Waals surface area contributed by atoms with Crippen LogP contribution < -0.4 is 21.3 Å². The van der Waals surface area contributed by atoms with Crippen LogP contribution in [0, 0.1) is 11.3 Å². The van der Waals surface area contributed by atoms with Crippen LogP contribution in [0.4, 0.5) is 17.5 Å². The predicted molar refractivity (Wildman–Crippen MR) is 142 cm³/mol. The first-order valence-corrected chi connectivity index (χ1v) is 13.9. The highest BCUT2D eigenvalue weighted by Crippen LogP contribution is 2.56. The molecule has 0 aromatic carbocycles. The van der Waals surface area contributed by atoms with Gasteiger partial charge in [0, 0.05) is 54.6 Å². The zero-order valence-corrected chi connectivity index (χ0v) is 22.4. The molecule has 1 saturated carbocycles. The van der Waals surface area contributed by atoms with Crippen LogP contribution in [0.15, 0.2) is 28.4 Å². The number of nitrogens with two attached hydrogens (primary N) is 2. The first-order chi connectivity index (χ1) is 17.1. The number of piperidine rings is 1. The van der Waals surface area contributed by atoms with Gasteiger partial charge in [0.05, 0.1) is 29.0 Å². The summed E-state index contributed by atoms with van der Waals surface area (Å²) in [7, 11) is 0. The molecule has 4 fully saturated rings. The molecule has 0 unspecified atom stereocenters. The fraction of sp³-hybridized carbons (Fsp3) is 0.640. The lowest BCUT2D eigenvalue weighted by Crippen LogP contribution is -2.56. The molecule has 5 heterocycles. The van der Waals surface area contributed by atoms with E-state index in [9.17, 15) is 5.11 Å². The molecule has 6 rings (SSSR count). The molecular weight excluding hydrogens is 498 g/mol. The van der Waals surface area contributed by atoms with E-state index in [-0.39, 0.29) is 23.0 Å². The van der Waals surface area contributed by atoms with Gasteiger partial charge in [-0.25, -0.2) is 15.0 Å². The van der Waals surface area contributed by atoms with Crippen molar-refractivity contribution in [2.24, 2.45) is 17.1 Å². The van der Waals surface area contributed by atoms with Crippen molar-refractivity contribution >= 4 is 40.8 Å². The first kappa shape index (κ1) is 24.5. The van der Waals surface area contributed by atoms with E-state index >= 15 is 0 Å². The minimum Gasteiger partial charge on any atom is -0.390 e.